The lowest BCUT2D eigenvalue weighted by atomic mass is 9.99. The van der Waals surface area contributed by atoms with Crippen LogP contribution in [-0.2, 0) is 9.53 Å². The molecule has 0 amide bonds. The normalized spacial score (nSPS) is 56.6. The van der Waals surface area contributed by atoms with Gasteiger partial charge in [-0.3, -0.25) is 4.79 Å². The minimum atomic E-state index is 0.330. The highest BCUT2D eigenvalue weighted by Crippen LogP contribution is 2.50. The van der Waals surface area contributed by atoms with Crippen molar-refractivity contribution in [2.45, 2.75) is 31.5 Å². The number of carbonyl (C=O) groups is 1. The summed E-state index contributed by atoms with van der Waals surface area (Å²) >= 11 is 0. The molecule has 4 atom stereocenters. The molecule has 3 rings (SSSR count). The van der Waals surface area contributed by atoms with Crippen molar-refractivity contribution in [3.63, 3.8) is 0 Å². The van der Waals surface area contributed by atoms with Crippen molar-refractivity contribution in [3.8, 4) is 0 Å². The Kier molecular flexibility index (Phi) is 0.768. The molecule has 1 saturated heterocycles. The van der Waals surface area contributed by atoms with Gasteiger partial charge in [0.1, 0.15) is 5.78 Å². The van der Waals surface area contributed by atoms with Gasteiger partial charge in [0.05, 0.1) is 12.2 Å². The largest absolute Gasteiger partial charge is 0.374 e. The summed E-state index contributed by atoms with van der Waals surface area (Å²) in [7, 11) is 0. The predicted molar refractivity (Wildman–Crippen MR) is 34.5 cm³/mol. The molecule has 2 bridgehead atoms. The van der Waals surface area contributed by atoms with Gasteiger partial charge in [0.15, 0.2) is 0 Å². The maximum Gasteiger partial charge on any atom is 0.139 e. The van der Waals surface area contributed by atoms with Crippen LogP contribution in [0.5, 0.6) is 0 Å². The van der Waals surface area contributed by atoms with Crippen molar-refractivity contribution in [1.82, 2.24) is 0 Å². The molecule has 0 N–H and O–H groups in total. The zero-order valence-electron chi connectivity index (χ0n) is 5.75. The van der Waals surface area contributed by atoms with Gasteiger partial charge in [0.25, 0.3) is 0 Å². The Labute approximate surface area is 59.6 Å². The Morgan fingerprint density at radius 2 is 2.30 bits per heavy atom. The predicted octanol–water partition coefficient (Wildman–Crippen LogP) is 0.753. The Bertz CT molecular complexity index is 197. The van der Waals surface area contributed by atoms with Crippen molar-refractivity contribution in [2.75, 3.05) is 0 Å². The second kappa shape index (κ2) is 1.45. The molecular formula is C8H10O2. The molecule has 2 aliphatic carbocycles. The van der Waals surface area contributed by atoms with Crippen LogP contribution in [0.3, 0.4) is 0 Å². The third-order valence-electron chi connectivity index (χ3n) is 3.23. The number of hydrogen-bond donors (Lipinski definition) is 0. The number of hydrogen-bond acceptors (Lipinski definition) is 2. The molecule has 4 unspecified atom stereocenters. The molecule has 3 fully saturated rings. The lowest BCUT2D eigenvalue weighted by molar-refractivity contribution is -0.120. The fourth-order valence-electron chi connectivity index (χ4n) is 2.81. The third-order valence-corrected chi connectivity index (χ3v) is 3.23. The van der Waals surface area contributed by atoms with E-state index in [1.54, 1.807) is 0 Å². The van der Waals surface area contributed by atoms with E-state index in [2.05, 4.69) is 0 Å². The van der Waals surface area contributed by atoms with Crippen LogP contribution in [0.1, 0.15) is 19.3 Å². The van der Waals surface area contributed by atoms with E-state index in [-0.39, 0.29) is 0 Å². The lowest BCUT2D eigenvalue weighted by Gasteiger charge is -2.16. The van der Waals surface area contributed by atoms with E-state index in [0.717, 1.165) is 6.42 Å². The van der Waals surface area contributed by atoms with Crippen LogP contribution < -0.4 is 0 Å². The topological polar surface area (TPSA) is 26.3 Å². The van der Waals surface area contributed by atoms with Crippen molar-refractivity contribution < 1.29 is 9.53 Å². The summed E-state index contributed by atoms with van der Waals surface area (Å²) in [6, 6.07) is 0. The first-order chi connectivity index (χ1) is 4.84. The van der Waals surface area contributed by atoms with E-state index >= 15 is 0 Å². The highest BCUT2D eigenvalue weighted by molar-refractivity contribution is 5.85. The third kappa shape index (κ3) is 0.439. The summed E-state index contributed by atoms with van der Waals surface area (Å²) in [5.41, 5.74) is 0. The van der Waals surface area contributed by atoms with Gasteiger partial charge >= 0.3 is 0 Å². The van der Waals surface area contributed by atoms with Crippen LogP contribution in [0.25, 0.3) is 0 Å². The van der Waals surface area contributed by atoms with Crippen molar-refractivity contribution in [3.05, 3.63) is 0 Å². The van der Waals surface area contributed by atoms with Gasteiger partial charge < -0.3 is 4.74 Å². The first-order valence-electron chi connectivity index (χ1n) is 4.03. The van der Waals surface area contributed by atoms with E-state index in [4.69, 9.17) is 4.74 Å². The number of fused-ring (bicyclic) bond motifs is 1. The molecule has 10 heavy (non-hydrogen) atoms. The highest BCUT2D eigenvalue weighted by Gasteiger charge is 2.55. The second-order valence-corrected chi connectivity index (χ2v) is 3.71. The van der Waals surface area contributed by atoms with Gasteiger partial charge in [0, 0.05) is 12.3 Å². The number of ether oxygens (including phenoxy) is 1. The van der Waals surface area contributed by atoms with Crippen LogP contribution in [0.4, 0.5) is 0 Å². The summed E-state index contributed by atoms with van der Waals surface area (Å²) in [5, 5.41) is 0. The Hall–Kier alpha value is -0.370. The van der Waals surface area contributed by atoms with Crippen LogP contribution in [0.2, 0.25) is 0 Å². The van der Waals surface area contributed by atoms with Crippen molar-refractivity contribution >= 4 is 5.78 Å². The summed E-state index contributed by atoms with van der Waals surface area (Å²) in [4.78, 5) is 11.2. The SMILES string of the molecule is O=C1CC2OC3CC1C2C3. The minimum absolute atomic E-state index is 0.330. The van der Waals surface area contributed by atoms with Crippen LogP contribution >= 0.6 is 0 Å². The van der Waals surface area contributed by atoms with Crippen LogP contribution in [-0.4, -0.2) is 18.0 Å². The highest BCUT2D eigenvalue weighted by atomic mass is 16.5. The Balaban J connectivity index is 2.05. The summed E-state index contributed by atoms with van der Waals surface area (Å²) in [6.07, 6.45) is 3.69. The zero-order chi connectivity index (χ0) is 6.72. The molecule has 0 aromatic rings. The van der Waals surface area contributed by atoms with Crippen LogP contribution in [0.15, 0.2) is 0 Å². The van der Waals surface area contributed by atoms with E-state index in [0.29, 0.717) is 36.2 Å². The van der Waals surface area contributed by atoms with Gasteiger partial charge in [0.2, 0.25) is 0 Å². The number of ketones is 1. The van der Waals surface area contributed by atoms with E-state index in [1.165, 1.54) is 6.42 Å². The molecule has 0 radical (unpaired) electrons. The molecule has 0 aromatic heterocycles. The van der Waals surface area contributed by atoms with Crippen molar-refractivity contribution in [1.29, 1.82) is 0 Å². The fourth-order valence-corrected chi connectivity index (χ4v) is 2.81. The standard InChI is InChI=1S/C8H10O2/c9-7-3-8-6-2-4(10-8)1-5(6)7/h4-6,8H,1-3H2. The molecule has 0 spiro atoms. The zero-order valence-corrected chi connectivity index (χ0v) is 5.75. The van der Waals surface area contributed by atoms with E-state index in [9.17, 15) is 4.79 Å². The number of rotatable bonds is 0. The average molecular weight is 138 g/mol. The lowest BCUT2D eigenvalue weighted by Crippen LogP contribution is -2.19. The first-order valence-corrected chi connectivity index (χ1v) is 4.03. The molecule has 0 aromatic carbocycles. The second-order valence-electron chi connectivity index (χ2n) is 3.71. The number of carbonyl (C=O) groups excluding carboxylic acids is 1. The smallest absolute Gasteiger partial charge is 0.139 e. The van der Waals surface area contributed by atoms with Gasteiger partial charge in [-0.05, 0) is 18.8 Å². The molecule has 2 nitrogen and oxygen atoms in total. The summed E-state index contributed by atoms with van der Waals surface area (Å²) in [6.45, 7) is 0. The maximum atomic E-state index is 11.2. The average Bonchev–Trinajstić information content (AvgIpc) is 2.44. The van der Waals surface area contributed by atoms with Crippen molar-refractivity contribution in [2.24, 2.45) is 11.8 Å². The summed E-state index contributed by atoms with van der Waals surface area (Å²) < 4.78 is 5.60. The van der Waals surface area contributed by atoms with E-state index < -0.39 is 0 Å². The van der Waals surface area contributed by atoms with Gasteiger partial charge in [-0.2, -0.15) is 0 Å². The Morgan fingerprint density at radius 3 is 2.90 bits per heavy atom. The van der Waals surface area contributed by atoms with E-state index in [1.807, 2.05) is 0 Å². The molecule has 2 heteroatoms. The first kappa shape index (κ1) is 5.30. The van der Waals surface area contributed by atoms with Gasteiger partial charge in [-0.1, -0.05) is 0 Å². The number of Topliss-reactive ketones (excluding diaryl/α,β-unsaturated/α-hetero) is 1. The Morgan fingerprint density at radius 1 is 1.40 bits per heavy atom. The molecule has 3 aliphatic rings. The maximum absolute atomic E-state index is 11.2. The molecular weight excluding hydrogens is 128 g/mol. The molecule has 54 valence electrons. The molecule has 1 aliphatic heterocycles. The monoisotopic (exact) mass is 138 g/mol. The van der Waals surface area contributed by atoms with Crippen LogP contribution in [0, 0.1) is 11.8 Å². The fraction of sp³-hybridized carbons (Fsp3) is 0.875. The quantitative estimate of drug-likeness (QED) is 0.494. The van der Waals surface area contributed by atoms with Gasteiger partial charge in [-0.25, -0.2) is 0 Å². The molecule has 1 heterocycles. The minimum Gasteiger partial charge on any atom is -0.374 e. The summed E-state index contributed by atoms with van der Waals surface area (Å²) in [5.74, 6) is 1.50. The van der Waals surface area contributed by atoms with Gasteiger partial charge in [-0.15, -0.1) is 0 Å². The molecule has 2 saturated carbocycles.